The Kier molecular flexibility index (Phi) is 9.58. The zero-order valence-electron chi connectivity index (χ0n) is 37.2. The molecule has 1 aromatic heterocycles. The van der Waals surface area contributed by atoms with Crippen LogP contribution in [0, 0.1) is 73.9 Å². The van der Waals surface area contributed by atoms with Crippen LogP contribution in [0.5, 0.6) is 0 Å². The normalized spacial score (nSPS) is 43.0. The minimum absolute atomic E-state index is 0.0183. The van der Waals surface area contributed by atoms with Crippen molar-refractivity contribution in [1.82, 2.24) is 14.9 Å². The summed E-state index contributed by atoms with van der Waals surface area (Å²) < 4.78 is 6.47. The topological polar surface area (TPSA) is 113 Å². The highest BCUT2D eigenvalue weighted by Gasteiger charge is 2.72. The minimum Gasteiger partial charge on any atom is -0.481 e. The number of esters is 1. The van der Waals surface area contributed by atoms with Gasteiger partial charge in [-0.3, -0.25) is 14.4 Å². The van der Waals surface area contributed by atoms with Gasteiger partial charge >= 0.3 is 11.9 Å². The molecule has 3 unspecified atom stereocenters. The van der Waals surface area contributed by atoms with Crippen LogP contribution < -0.4 is 0 Å². The SMILES string of the molecule is C=C(C)[C@@H]1CC[C@]2(C(=O)N3CCC[C@H]3c3nc(-c4ccccc4)c[nH]3)CC[C@]3(C)[C@H](CCC4[C@@]5(C)CC[C@H](OC(=O)[C@H]6C[C@@H](C(=O)O)C6(C)C)C(C)(C)C5CC[C@]43C)C12. The van der Waals surface area contributed by atoms with Crippen molar-refractivity contribution in [3.05, 3.63) is 54.5 Å². The number of carboxylic acid groups (broad SMARTS) is 1. The zero-order valence-corrected chi connectivity index (χ0v) is 37.2. The van der Waals surface area contributed by atoms with Crippen LogP contribution in [-0.4, -0.2) is 50.5 Å². The zero-order chi connectivity index (χ0) is 42.1. The summed E-state index contributed by atoms with van der Waals surface area (Å²) in [6, 6.07) is 10.3. The second kappa shape index (κ2) is 13.8. The molecule has 8 heteroatoms. The predicted octanol–water partition coefficient (Wildman–Crippen LogP) is 11.1. The molecule has 0 spiro atoms. The van der Waals surface area contributed by atoms with Crippen molar-refractivity contribution in [1.29, 1.82) is 0 Å². The second-order valence-corrected chi connectivity index (χ2v) is 22.8. The third-order valence-electron chi connectivity index (χ3n) is 20.0. The number of carboxylic acids is 1. The molecular formula is C51H71N3O5. The van der Waals surface area contributed by atoms with Crippen LogP contribution in [0.3, 0.4) is 0 Å². The molecule has 59 heavy (non-hydrogen) atoms. The van der Waals surface area contributed by atoms with E-state index in [2.05, 4.69) is 70.1 Å². The number of nitrogens with zero attached hydrogens (tertiary/aromatic N) is 2. The molecule has 8 nitrogen and oxygen atoms in total. The van der Waals surface area contributed by atoms with Gasteiger partial charge in [0, 0.05) is 23.7 Å². The van der Waals surface area contributed by atoms with Gasteiger partial charge in [-0.05, 0) is 142 Å². The van der Waals surface area contributed by atoms with Crippen LogP contribution in [0.2, 0.25) is 0 Å². The van der Waals surface area contributed by atoms with Crippen molar-refractivity contribution in [3.63, 3.8) is 0 Å². The van der Waals surface area contributed by atoms with Crippen molar-refractivity contribution >= 4 is 17.8 Å². The van der Waals surface area contributed by atoms with Crippen LogP contribution in [0.15, 0.2) is 48.7 Å². The van der Waals surface area contributed by atoms with E-state index in [1.807, 2.05) is 38.2 Å². The fraction of sp³-hybridized carbons (Fsp3) is 0.725. The molecule has 1 aromatic carbocycles. The highest BCUT2D eigenvalue weighted by molar-refractivity contribution is 5.85. The standard InChI is InChI=1S/C51H71N3O5/c1-30(2)32-19-24-51(45(58)54-27-13-16-37(54)42-52-29-36(53-42)31-14-11-10-12-15-31)26-25-49(8)33(41(32)51)17-18-39-48(7)22-21-40(47(5,6)38(48)20-23-50(39,49)9)59-44(57)35-28-34(43(55)56)46(35,3)4/h10-12,14-15,29,32-35,37-41H,1,13,16-28H2,2-9H3,(H,52,53)(H,55,56)/t32-,33+,34-,35+,37-,38?,39?,40-,41?,48-,49+,50+,51-/m0/s1. The number of imidazole rings is 1. The molecule has 9 rings (SSSR count). The maximum Gasteiger partial charge on any atom is 0.309 e. The van der Waals surface area contributed by atoms with E-state index < -0.39 is 17.3 Å². The Morgan fingerprint density at radius 3 is 2.27 bits per heavy atom. The highest BCUT2D eigenvalue weighted by Crippen LogP contribution is 2.78. The number of hydrogen-bond donors (Lipinski definition) is 2. The van der Waals surface area contributed by atoms with Gasteiger partial charge < -0.3 is 19.7 Å². The number of hydrogen-bond acceptors (Lipinski definition) is 5. The summed E-state index contributed by atoms with van der Waals surface area (Å²) in [5, 5.41) is 9.70. The van der Waals surface area contributed by atoms with E-state index in [0.29, 0.717) is 41.9 Å². The molecule has 0 bridgehead atoms. The van der Waals surface area contributed by atoms with E-state index >= 15 is 4.79 Å². The molecule has 6 saturated carbocycles. The Bertz CT molecular complexity index is 2020. The van der Waals surface area contributed by atoms with Gasteiger partial charge in [0.05, 0.1) is 29.0 Å². The monoisotopic (exact) mass is 806 g/mol. The van der Waals surface area contributed by atoms with Gasteiger partial charge in [0.15, 0.2) is 0 Å². The predicted molar refractivity (Wildman–Crippen MR) is 230 cm³/mol. The van der Waals surface area contributed by atoms with Gasteiger partial charge in [-0.1, -0.05) is 91.0 Å². The lowest BCUT2D eigenvalue weighted by Crippen LogP contribution is -2.67. The maximum absolute atomic E-state index is 15.5. The number of nitrogens with one attached hydrogen (secondary N) is 1. The molecule has 7 fully saturated rings. The van der Waals surface area contributed by atoms with Gasteiger partial charge in [-0.25, -0.2) is 4.98 Å². The average molecular weight is 806 g/mol. The Labute approximate surface area is 353 Å². The summed E-state index contributed by atoms with van der Waals surface area (Å²) in [6.07, 6.45) is 14.7. The lowest BCUT2D eigenvalue weighted by Gasteiger charge is -2.73. The van der Waals surface area contributed by atoms with Gasteiger partial charge in [-0.15, -0.1) is 0 Å². The Hall–Kier alpha value is -3.42. The van der Waals surface area contributed by atoms with E-state index in [0.717, 1.165) is 94.3 Å². The number of fused-ring (bicyclic) bond motifs is 7. The first-order chi connectivity index (χ1) is 27.8. The lowest BCUT2D eigenvalue weighted by molar-refractivity contribution is -0.251. The average Bonchev–Trinajstić information content (AvgIpc) is 3.95. The summed E-state index contributed by atoms with van der Waals surface area (Å²) >= 11 is 0. The molecule has 1 aliphatic heterocycles. The first-order valence-electron chi connectivity index (χ1n) is 23.3. The van der Waals surface area contributed by atoms with E-state index in [9.17, 15) is 14.7 Å². The fourth-order valence-electron chi connectivity index (χ4n) is 16.5. The van der Waals surface area contributed by atoms with Crippen LogP contribution in [0.25, 0.3) is 11.3 Å². The molecule has 2 heterocycles. The number of ether oxygens (including phenoxy) is 1. The van der Waals surface area contributed by atoms with Crippen molar-refractivity contribution < 1.29 is 24.2 Å². The number of aromatic amines is 1. The van der Waals surface area contributed by atoms with E-state index in [1.54, 1.807) is 0 Å². The number of allylic oxidation sites excluding steroid dienone is 1. The molecule has 13 atom stereocenters. The number of aliphatic carboxylic acids is 1. The Balaban J connectivity index is 0.968. The molecule has 7 aliphatic rings. The van der Waals surface area contributed by atoms with Crippen LogP contribution in [0.4, 0.5) is 0 Å². The Morgan fingerprint density at radius 2 is 1.58 bits per heavy atom. The van der Waals surface area contributed by atoms with Crippen molar-refractivity contribution in [2.24, 2.45) is 73.9 Å². The smallest absolute Gasteiger partial charge is 0.309 e. The number of aromatic nitrogens is 2. The van der Waals surface area contributed by atoms with Crippen LogP contribution >= 0.6 is 0 Å². The molecular weight excluding hydrogens is 735 g/mol. The molecule has 1 amide bonds. The van der Waals surface area contributed by atoms with Crippen LogP contribution in [0.1, 0.15) is 151 Å². The molecule has 2 aromatic rings. The number of benzene rings is 1. The fourth-order valence-corrected chi connectivity index (χ4v) is 16.5. The molecule has 2 N–H and O–H groups in total. The van der Waals surface area contributed by atoms with Crippen molar-refractivity contribution in [2.45, 2.75) is 151 Å². The quantitative estimate of drug-likeness (QED) is 0.213. The van der Waals surface area contributed by atoms with E-state index in [1.165, 1.54) is 12.0 Å². The summed E-state index contributed by atoms with van der Waals surface area (Å²) in [7, 11) is 0. The maximum atomic E-state index is 15.5. The summed E-state index contributed by atoms with van der Waals surface area (Å²) in [5.74, 6) is 1.53. The third kappa shape index (κ3) is 5.71. The number of carbonyl (C=O) groups excluding carboxylic acids is 2. The summed E-state index contributed by atoms with van der Waals surface area (Å²) in [5.41, 5.74) is 2.51. The van der Waals surface area contributed by atoms with Gasteiger partial charge in [0.1, 0.15) is 11.9 Å². The van der Waals surface area contributed by atoms with Gasteiger partial charge in [-0.2, -0.15) is 0 Å². The van der Waals surface area contributed by atoms with Gasteiger partial charge in [0.25, 0.3) is 0 Å². The highest BCUT2D eigenvalue weighted by atomic mass is 16.5. The second-order valence-electron chi connectivity index (χ2n) is 22.8. The lowest BCUT2D eigenvalue weighted by atomic mass is 9.32. The van der Waals surface area contributed by atoms with E-state index in [4.69, 9.17) is 9.72 Å². The first kappa shape index (κ1) is 41.0. The van der Waals surface area contributed by atoms with Crippen LogP contribution in [-0.2, 0) is 19.1 Å². The summed E-state index contributed by atoms with van der Waals surface area (Å²) in [6.45, 7) is 24.0. The number of amides is 1. The minimum atomic E-state index is -0.817. The molecule has 1 saturated heterocycles. The van der Waals surface area contributed by atoms with Crippen molar-refractivity contribution in [3.8, 4) is 11.3 Å². The summed E-state index contributed by atoms with van der Waals surface area (Å²) in [4.78, 5) is 51.9. The van der Waals surface area contributed by atoms with Crippen molar-refractivity contribution in [2.75, 3.05) is 6.54 Å². The van der Waals surface area contributed by atoms with E-state index in [-0.39, 0.29) is 51.1 Å². The Morgan fingerprint density at radius 1 is 0.831 bits per heavy atom. The largest absolute Gasteiger partial charge is 0.481 e. The molecule has 6 aliphatic carbocycles. The molecule has 320 valence electrons. The third-order valence-corrected chi connectivity index (χ3v) is 20.0. The first-order valence-corrected chi connectivity index (χ1v) is 23.3. The number of carbonyl (C=O) groups is 3. The number of likely N-dealkylation sites (tertiary alicyclic amines) is 1. The van der Waals surface area contributed by atoms with Gasteiger partial charge in [0.2, 0.25) is 5.91 Å². The molecule has 0 radical (unpaired) electrons. The number of H-pyrrole nitrogens is 1. The number of rotatable bonds is 7.